The highest BCUT2D eigenvalue weighted by molar-refractivity contribution is 7.99. The molecule has 0 saturated heterocycles. The second-order valence-electron chi connectivity index (χ2n) is 4.41. The molecular weight excluding hydrogens is 232 g/mol. The van der Waals surface area contributed by atoms with E-state index < -0.39 is 0 Å². The van der Waals surface area contributed by atoms with Gasteiger partial charge in [0.15, 0.2) is 0 Å². The molecule has 4 nitrogen and oxygen atoms in total. The van der Waals surface area contributed by atoms with Crippen molar-refractivity contribution in [3.05, 3.63) is 12.4 Å². The van der Waals surface area contributed by atoms with Crippen LogP contribution in [0, 0.1) is 0 Å². The minimum atomic E-state index is 0.544. The van der Waals surface area contributed by atoms with E-state index in [1.54, 1.807) is 12.4 Å². The quantitative estimate of drug-likeness (QED) is 0.862. The van der Waals surface area contributed by atoms with E-state index in [-0.39, 0.29) is 0 Å². The molecule has 2 atom stereocenters. The molecule has 0 radical (unpaired) electrons. The lowest BCUT2D eigenvalue weighted by molar-refractivity contribution is 0.472. The van der Waals surface area contributed by atoms with Gasteiger partial charge in [-0.2, -0.15) is 11.8 Å². The van der Waals surface area contributed by atoms with Gasteiger partial charge in [-0.25, -0.2) is 4.98 Å². The van der Waals surface area contributed by atoms with Gasteiger partial charge in [-0.1, -0.05) is 6.42 Å². The van der Waals surface area contributed by atoms with E-state index in [0.717, 1.165) is 16.9 Å². The predicted octanol–water partition coefficient (Wildman–Crippen LogP) is 2.60. The maximum absolute atomic E-state index is 4.44. The monoisotopic (exact) mass is 252 g/mol. The normalized spacial score (nSPS) is 24.4. The van der Waals surface area contributed by atoms with E-state index in [1.165, 1.54) is 25.7 Å². The number of anilines is 2. The number of thioether (sulfide) groups is 1. The molecule has 0 aliphatic heterocycles. The van der Waals surface area contributed by atoms with Crippen LogP contribution in [0.2, 0.25) is 0 Å². The van der Waals surface area contributed by atoms with Crippen molar-refractivity contribution in [2.24, 2.45) is 0 Å². The van der Waals surface area contributed by atoms with Gasteiger partial charge in [0.05, 0.1) is 12.4 Å². The highest BCUT2D eigenvalue weighted by atomic mass is 32.2. The highest BCUT2D eigenvalue weighted by Crippen LogP contribution is 2.28. The Labute approximate surface area is 107 Å². The topological polar surface area (TPSA) is 49.8 Å². The standard InChI is InChI=1S/C12H20N4S/c1-13-11-7-14-8-12(16-11)15-9-4-3-5-10(6-9)17-2/h7-10H,3-6H2,1-2H3,(H2,13,15,16). The lowest BCUT2D eigenvalue weighted by Gasteiger charge is -2.28. The number of hydrogen-bond donors (Lipinski definition) is 2. The third-order valence-electron chi connectivity index (χ3n) is 3.20. The molecule has 1 saturated carbocycles. The zero-order valence-corrected chi connectivity index (χ0v) is 11.3. The molecule has 1 fully saturated rings. The van der Waals surface area contributed by atoms with Crippen LogP contribution in [0.1, 0.15) is 25.7 Å². The van der Waals surface area contributed by atoms with Crippen LogP contribution in [0.15, 0.2) is 12.4 Å². The number of nitrogens with zero attached hydrogens (tertiary/aromatic N) is 2. The predicted molar refractivity (Wildman–Crippen MR) is 74.8 cm³/mol. The molecule has 2 rings (SSSR count). The average Bonchev–Trinajstić information content (AvgIpc) is 2.39. The molecular formula is C12H20N4S. The van der Waals surface area contributed by atoms with Crippen LogP contribution >= 0.6 is 11.8 Å². The molecule has 17 heavy (non-hydrogen) atoms. The average molecular weight is 252 g/mol. The van der Waals surface area contributed by atoms with E-state index in [0.29, 0.717) is 6.04 Å². The number of hydrogen-bond acceptors (Lipinski definition) is 5. The second-order valence-corrected chi connectivity index (χ2v) is 5.54. The van der Waals surface area contributed by atoms with Crippen LogP contribution in [0.25, 0.3) is 0 Å². The molecule has 1 heterocycles. The lowest BCUT2D eigenvalue weighted by atomic mass is 9.95. The molecule has 1 aliphatic rings. The molecule has 0 bridgehead atoms. The van der Waals surface area contributed by atoms with Crippen LogP contribution in [-0.2, 0) is 0 Å². The lowest BCUT2D eigenvalue weighted by Crippen LogP contribution is -2.28. The van der Waals surface area contributed by atoms with Gasteiger partial charge in [-0.3, -0.25) is 4.98 Å². The fraction of sp³-hybridized carbons (Fsp3) is 0.667. The molecule has 2 unspecified atom stereocenters. The fourth-order valence-electron chi connectivity index (χ4n) is 2.26. The number of aromatic nitrogens is 2. The largest absolute Gasteiger partial charge is 0.372 e. The van der Waals surface area contributed by atoms with Gasteiger partial charge in [0.2, 0.25) is 0 Å². The van der Waals surface area contributed by atoms with Crippen LogP contribution in [0.3, 0.4) is 0 Å². The van der Waals surface area contributed by atoms with Gasteiger partial charge in [-0.05, 0) is 25.5 Å². The number of nitrogens with one attached hydrogen (secondary N) is 2. The Kier molecular flexibility index (Phi) is 4.48. The molecule has 2 N–H and O–H groups in total. The van der Waals surface area contributed by atoms with Gasteiger partial charge in [0.1, 0.15) is 11.6 Å². The summed E-state index contributed by atoms with van der Waals surface area (Å²) < 4.78 is 0. The first-order chi connectivity index (χ1) is 8.31. The van der Waals surface area contributed by atoms with E-state index in [4.69, 9.17) is 0 Å². The van der Waals surface area contributed by atoms with Gasteiger partial charge in [-0.15, -0.1) is 0 Å². The Morgan fingerprint density at radius 2 is 2.12 bits per heavy atom. The number of rotatable bonds is 4. The van der Waals surface area contributed by atoms with E-state index in [2.05, 4.69) is 26.9 Å². The molecule has 5 heteroatoms. The summed E-state index contributed by atoms with van der Waals surface area (Å²) in [6.45, 7) is 0. The molecule has 1 aromatic heterocycles. The summed E-state index contributed by atoms with van der Waals surface area (Å²) in [6, 6.07) is 0.544. The Hall–Kier alpha value is -0.970. The second kappa shape index (κ2) is 6.10. The van der Waals surface area contributed by atoms with Crippen molar-refractivity contribution >= 4 is 23.4 Å². The third-order valence-corrected chi connectivity index (χ3v) is 4.30. The third kappa shape index (κ3) is 3.49. The van der Waals surface area contributed by atoms with Gasteiger partial charge in [0, 0.05) is 18.3 Å². The van der Waals surface area contributed by atoms with Crippen molar-refractivity contribution in [1.82, 2.24) is 9.97 Å². The van der Waals surface area contributed by atoms with Crippen molar-refractivity contribution in [3.8, 4) is 0 Å². The Bertz CT molecular complexity index is 358. The van der Waals surface area contributed by atoms with Gasteiger partial charge < -0.3 is 10.6 Å². The summed E-state index contributed by atoms with van der Waals surface area (Å²) in [6.07, 6.45) is 10.9. The maximum Gasteiger partial charge on any atom is 0.147 e. The van der Waals surface area contributed by atoms with E-state index >= 15 is 0 Å². The van der Waals surface area contributed by atoms with Crippen LogP contribution in [0.4, 0.5) is 11.6 Å². The summed E-state index contributed by atoms with van der Waals surface area (Å²) >= 11 is 1.98. The van der Waals surface area contributed by atoms with Crippen molar-refractivity contribution in [2.45, 2.75) is 37.0 Å². The smallest absolute Gasteiger partial charge is 0.147 e. The van der Waals surface area contributed by atoms with E-state index in [1.807, 2.05) is 18.8 Å². The molecule has 1 aliphatic carbocycles. The zero-order valence-electron chi connectivity index (χ0n) is 10.4. The fourth-order valence-corrected chi connectivity index (χ4v) is 3.08. The molecule has 1 aromatic rings. The molecule has 0 spiro atoms. The minimum absolute atomic E-state index is 0.544. The van der Waals surface area contributed by atoms with Crippen molar-refractivity contribution < 1.29 is 0 Å². The zero-order chi connectivity index (χ0) is 12.1. The summed E-state index contributed by atoms with van der Waals surface area (Å²) in [4.78, 5) is 8.61. The Morgan fingerprint density at radius 1 is 1.29 bits per heavy atom. The molecule has 0 amide bonds. The van der Waals surface area contributed by atoms with Crippen molar-refractivity contribution in [3.63, 3.8) is 0 Å². The first-order valence-electron chi connectivity index (χ1n) is 6.11. The molecule has 94 valence electrons. The van der Waals surface area contributed by atoms with Crippen LogP contribution in [0.5, 0.6) is 0 Å². The highest BCUT2D eigenvalue weighted by Gasteiger charge is 2.21. The van der Waals surface area contributed by atoms with Crippen LogP contribution in [-0.4, -0.2) is 34.6 Å². The van der Waals surface area contributed by atoms with Gasteiger partial charge >= 0.3 is 0 Å². The Morgan fingerprint density at radius 3 is 2.88 bits per heavy atom. The first kappa shape index (κ1) is 12.5. The van der Waals surface area contributed by atoms with Crippen LogP contribution < -0.4 is 10.6 Å². The summed E-state index contributed by atoms with van der Waals surface area (Å²) in [5.74, 6) is 1.69. The Balaban J connectivity index is 1.95. The summed E-state index contributed by atoms with van der Waals surface area (Å²) in [5.41, 5.74) is 0. The maximum atomic E-state index is 4.44. The first-order valence-corrected chi connectivity index (χ1v) is 7.39. The van der Waals surface area contributed by atoms with Gasteiger partial charge in [0.25, 0.3) is 0 Å². The molecule has 0 aromatic carbocycles. The summed E-state index contributed by atoms with van der Waals surface area (Å²) in [5, 5.41) is 7.29. The summed E-state index contributed by atoms with van der Waals surface area (Å²) in [7, 11) is 1.86. The van der Waals surface area contributed by atoms with E-state index in [9.17, 15) is 0 Å². The van der Waals surface area contributed by atoms with Crippen molar-refractivity contribution in [1.29, 1.82) is 0 Å². The SMILES string of the molecule is CNc1cncc(NC2CCCC(SC)C2)n1. The minimum Gasteiger partial charge on any atom is -0.372 e. The van der Waals surface area contributed by atoms with Crippen molar-refractivity contribution in [2.75, 3.05) is 23.9 Å².